The van der Waals surface area contributed by atoms with Crippen LogP contribution in [-0.4, -0.2) is 29.2 Å². The van der Waals surface area contributed by atoms with Crippen molar-refractivity contribution in [3.63, 3.8) is 0 Å². The van der Waals surface area contributed by atoms with Crippen LogP contribution in [-0.2, 0) is 6.54 Å². The Morgan fingerprint density at radius 2 is 2.26 bits per heavy atom. The standard InChI is InChI=1S/C16H22N2O/c1-13-10-14(11-17)5-6-15(13)12-18-8-3-2-4-16(18)7-9-19/h5-6,10,16,19H,2-4,7-9,12H2,1H3. The fourth-order valence-corrected chi connectivity index (χ4v) is 2.91. The van der Waals surface area contributed by atoms with Crippen molar-refractivity contribution in [3.8, 4) is 6.07 Å². The molecule has 1 atom stereocenters. The van der Waals surface area contributed by atoms with Gasteiger partial charge in [-0.25, -0.2) is 0 Å². The molecule has 1 saturated heterocycles. The third kappa shape index (κ3) is 3.56. The molecule has 1 heterocycles. The van der Waals surface area contributed by atoms with Crippen LogP contribution in [0.1, 0.15) is 42.4 Å². The molecule has 0 radical (unpaired) electrons. The highest BCUT2D eigenvalue weighted by Gasteiger charge is 2.22. The van der Waals surface area contributed by atoms with Crippen molar-refractivity contribution in [2.45, 2.75) is 45.2 Å². The summed E-state index contributed by atoms with van der Waals surface area (Å²) in [6.45, 7) is 4.39. The number of nitrogens with zero attached hydrogens (tertiary/aromatic N) is 2. The normalized spacial score (nSPS) is 20.2. The van der Waals surface area contributed by atoms with Crippen molar-refractivity contribution in [1.82, 2.24) is 4.90 Å². The van der Waals surface area contributed by atoms with Crippen molar-refractivity contribution in [1.29, 1.82) is 5.26 Å². The maximum absolute atomic E-state index is 9.16. The molecule has 1 aromatic carbocycles. The van der Waals surface area contributed by atoms with Gasteiger partial charge in [0.1, 0.15) is 0 Å². The van der Waals surface area contributed by atoms with Gasteiger partial charge in [0, 0.05) is 19.2 Å². The zero-order chi connectivity index (χ0) is 13.7. The molecule has 1 aliphatic rings. The summed E-state index contributed by atoms with van der Waals surface area (Å²) >= 11 is 0. The van der Waals surface area contributed by atoms with Gasteiger partial charge < -0.3 is 5.11 Å². The molecule has 0 spiro atoms. The minimum absolute atomic E-state index is 0.271. The Hall–Kier alpha value is -1.37. The highest BCUT2D eigenvalue weighted by atomic mass is 16.3. The van der Waals surface area contributed by atoms with Crippen LogP contribution >= 0.6 is 0 Å². The van der Waals surface area contributed by atoms with E-state index < -0.39 is 0 Å². The van der Waals surface area contributed by atoms with Crippen LogP contribution in [0.4, 0.5) is 0 Å². The Balaban J connectivity index is 2.08. The summed E-state index contributed by atoms with van der Waals surface area (Å²) in [5, 5.41) is 18.1. The van der Waals surface area contributed by atoms with Crippen LogP contribution in [0.25, 0.3) is 0 Å². The molecule has 1 unspecified atom stereocenters. The van der Waals surface area contributed by atoms with Crippen molar-refractivity contribution in [2.75, 3.05) is 13.2 Å². The number of aryl methyl sites for hydroxylation is 1. The van der Waals surface area contributed by atoms with Gasteiger partial charge in [-0.15, -0.1) is 0 Å². The molecule has 1 aliphatic heterocycles. The third-order valence-electron chi connectivity index (χ3n) is 4.06. The first-order chi connectivity index (χ1) is 9.24. The second-order valence-electron chi connectivity index (χ2n) is 5.39. The van der Waals surface area contributed by atoms with E-state index in [1.54, 1.807) is 0 Å². The minimum Gasteiger partial charge on any atom is -0.396 e. The molecule has 0 bridgehead atoms. The van der Waals surface area contributed by atoms with E-state index in [1.807, 2.05) is 12.1 Å². The number of rotatable bonds is 4. The fraction of sp³-hybridized carbons (Fsp3) is 0.562. The van der Waals surface area contributed by atoms with Gasteiger partial charge in [-0.2, -0.15) is 5.26 Å². The molecule has 0 saturated carbocycles. The van der Waals surface area contributed by atoms with E-state index in [9.17, 15) is 0 Å². The van der Waals surface area contributed by atoms with E-state index in [4.69, 9.17) is 10.4 Å². The smallest absolute Gasteiger partial charge is 0.0991 e. The number of hydrogen-bond donors (Lipinski definition) is 1. The van der Waals surface area contributed by atoms with Crippen molar-refractivity contribution < 1.29 is 5.11 Å². The van der Waals surface area contributed by atoms with Crippen LogP contribution in [0, 0.1) is 18.3 Å². The number of aliphatic hydroxyl groups is 1. The second-order valence-corrected chi connectivity index (χ2v) is 5.39. The molecule has 1 aromatic rings. The summed E-state index contributed by atoms with van der Waals surface area (Å²) in [6.07, 6.45) is 4.58. The molecule has 19 heavy (non-hydrogen) atoms. The summed E-state index contributed by atoms with van der Waals surface area (Å²) in [5.74, 6) is 0. The molecule has 3 nitrogen and oxygen atoms in total. The number of likely N-dealkylation sites (tertiary alicyclic amines) is 1. The van der Waals surface area contributed by atoms with Crippen molar-refractivity contribution in [3.05, 3.63) is 34.9 Å². The largest absolute Gasteiger partial charge is 0.396 e. The Kier molecular flexibility index (Phi) is 4.95. The van der Waals surface area contributed by atoms with Gasteiger partial charge in [0.05, 0.1) is 11.6 Å². The molecule has 2 rings (SSSR count). The summed E-state index contributed by atoms with van der Waals surface area (Å²) < 4.78 is 0. The van der Waals surface area contributed by atoms with Gasteiger partial charge in [0.25, 0.3) is 0 Å². The quantitative estimate of drug-likeness (QED) is 0.903. The maximum Gasteiger partial charge on any atom is 0.0991 e. The summed E-state index contributed by atoms with van der Waals surface area (Å²) in [5.41, 5.74) is 3.21. The maximum atomic E-state index is 9.16. The van der Waals surface area contributed by atoms with Gasteiger partial charge in [-0.3, -0.25) is 4.90 Å². The first-order valence-corrected chi connectivity index (χ1v) is 7.09. The van der Waals surface area contributed by atoms with E-state index in [0.717, 1.165) is 25.1 Å². The second kappa shape index (κ2) is 6.70. The van der Waals surface area contributed by atoms with Crippen LogP contribution in [0.3, 0.4) is 0 Å². The monoisotopic (exact) mass is 258 g/mol. The highest BCUT2D eigenvalue weighted by molar-refractivity contribution is 5.37. The summed E-state index contributed by atoms with van der Waals surface area (Å²) in [4.78, 5) is 2.48. The number of nitriles is 1. The summed E-state index contributed by atoms with van der Waals surface area (Å²) in [6, 6.07) is 8.61. The first-order valence-electron chi connectivity index (χ1n) is 7.09. The Bertz CT molecular complexity index is 462. The number of aliphatic hydroxyl groups excluding tert-OH is 1. The van der Waals surface area contributed by atoms with Gasteiger partial charge in [-0.05, 0) is 56.0 Å². The molecule has 0 aliphatic carbocycles. The average molecular weight is 258 g/mol. The lowest BCUT2D eigenvalue weighted by molar-refractivity contribution is 0.112. The van der Waals surface area contributed by atoms with Crippen molar-refractivity contribution >= 4 is 0 Å². The molecule has 1 fully saturated rings. The molecular weight excluding hydrogens is 236 g/mol. The molecular formula is C16H22N2O. The van der Waals surface area contributed by atoms with E-state index in [0.29, 0.717) is 6.04 Å². The number of piperidine rings is 1. The fourth-order valence-electron chi connectivity index (χ4n) is 2.91. The lowest BCUT2D eigenvalue weighted by Gasteiger charge is -2.35. The Morgan fingerprint density at radius 3 is 2.95 bits per heavy atom. The predicted molar refractivity (Wildman–Crippen MR) is 75.6 cm³/mol. The first kappa shape index (κ1) is 14.0. The SMILES string of the molecule is Cc1cc(C#N)ccc1CN1CCCCC1CCO. The third-order valence-corrected chi connectivity index (χ3v) is 4.06. The Morgan fingerprint density at radius 1 is 1.42 bits per heavy atom. The zero-order valence-electron chi connectivity index (χ0n) is 11.6. The van der Waals surface area contributed by atoms with Crippen LogP contribution < -0.4 is 0 Å². The zero-order valence-corrected chi connectivity index (χ0v) is 11.6. The van der Waals surface area contributed by atoms with Gasteiger partial charge in [-0.1, -0.05) is 12.5 Å². The lowest BCUT2D eigenvalue weighted by atomic mass is 9.97. The molecule has 0 aromatic heterocycles. The van der Waals surface area contributed by atoms with E-state index in [-0.39, 0.29) is 6.61 Å². The topological polar surface area (TPSA) is 47.3 Å². The van der Waals surface area contributed by atoms with Crippen LogP contribution in [0.15, 0.2) is 18.2 Å². The van der Waals surface area contributed by atoms with Crippen molar-refractivity contribution in [2.24, 2.45) is 0 Å². The van der Waals surface area contributed by atoms with Crippen LogP contribution in [0.2, 0.25) is 0 Å². The molecule has 3 heteroatoms. The van der Waals surface area contributed by atoms with E-state index >= 15 is 0 Å². The minimum atomic E-state index is 0.271. The van der Waals surface area contributed by atoms with Crippen LogP contribution in [0.5, 0.6) is 0 Å². The molecule has 1 N–H and O–H groups in total. The molecule has 102 valence electrons. The van der Waals surface area contributed by atoms with E-state index in [2.05, 4.69) is 24.0 Å². The molecule has 0 amide bonds. The van der Waals surface area contributed by atoms with Gasteiger partial charge in [0.15, 0.2) is 0 Å². The average Bonchev–Trinajstić information content (AvgIpc) is 2.43. The van der Waals surface area contributed by atoms with Gasteiger partial charge in [0.2, 0.25) is 0 Å². The lowest BCUT2D eigenvalue weighted by Crippen LogP contribution is -2.39. The predicted octanol–water partition coefficient (Wildman–Crippen LogP) is 2.60. The van der Waals surface area contributed by atoms with E-state index in [1.165, 1.54) is 30.4 Å². The summed E-state index contributed by atoms with van der Waals surface area (Å²) in [7, 11) is 0. The van der Waals surface area contributed by atoms with Gasteiger partial charge >= 0.3 is 0 Å². The Labute approximate surface area is 115 Å². The number of benzene rings is 1. The number of hydrogen-bond acceptors (Lipinski definition) is 3. The highest BCUT2D eigenvalue weighted by Crippen LogP contribution is 2.23.